The average molecular weight is 335 g/mol. The van der Waals surface area contributed by atoms with E-state index in [1.807, 2.05) is 6.08 Å². The lowest BCUT2D eigenvalue weighted by Gasteiger charge is -2.39. The smallest absolute Gasteiger partial charge is 0.243 e. The van der Waals surface area contributed by atoms with Crippen LogP contribution in [0.2, 0.25) is 0 Å². The lowest BCUT2D eigenvalue weighted by Crippen LogP contribution is -2.58. The first-order valence-electron chi connectivity index (χ1n) is 9.29. The third kappa shape index (κ3) is 4.36. The molecule has 0 aromatic heterocycles. The molecule has 134 valence electrons. The molecule has 6 heteroatoms. The number of rotatable bonds is 4. The van der Waals surface area contributed by atoms with Crippen LogP contribution in [-0.4, -0.2) is 41.8 Å². The molecule has 0 spiro atoms. The molecule has 3 aliphatic rings. The van der Waals surface area contributed by atoms with Gasteiger partial charge in [0, 0.05) is 12.1 Å². The van der Waals surface area contributed by atoms with Gasteiger partial charge in [-0.1, -0.05) is 18.9 Å². The van der Waals surface area contributed by atoms with Gasteiger partial charge < -0.3 is 15.7 Å². The molecule has 5 atom stereocenters. The average Bonchev–Trinajstić information content (AvgIpc) is 2.57. The zero-order valence-corrected chi connectivity index (χ0v) is 14.2. The Morgan fingerprint density at radius 3 is 2.92 bits per heavy atom. The van der Waals surface area contributed by atoms with E-state index in [0.717, 1.165) is 38.5 Å². The number of carbonyl (C=O) groups excluding carboxylic acids is 2. The van der Waals surface area contributed by atoms with E-state index < -0.39 is 0 Å². The summed E-state index contributed by atoms with van der Waals surface area (Å²) in [5.74, 6) is 0.252. The molecule has 0 bridgehead atoms. The van der Waals surface area contributed by atoms with Crippen LogP contribution in [0.25, 0.3) is 0 Å². The summed E-state index contributed by atoms with van der Waals surface area (Å²) in [4.78, 5) is 24.0. The Morgan fingerprint density at radius 1 is 1.25 bits per heavy atom. The van der Waals surface area contributed by atoms with Crippen LogP contribution in [0.5, 0.6) is 0 Å². The molecule has 4 N–H and O–H groups in total. The second kappa shape index (κ2) is 8.12. The highest BCUT2D eigenvalue weighted by Gasteiger charge is 2.37. The Labute approximate surface area is 143 Å². The van der Waals surface area contributed by atoms with E-state index in [9.17, 15) is 14.7 Å². The van der Waals surface area contributed by atoms with Crippen molar-refractivity contribution in [1.29, 1.82) is 0 Å². The quantitative estimate of drug-likeness (QED) is 0.573. The Bertz CT molecular complexity index is 494. The van der Waals surface area contributed by atoms with Gasteiger partial charge in [0.2, 0.25) is 11.8 Å². The van der Waals surface area contributed by atoms with Crippen LogP contribution in [0, 0.1) is 11.8 Å². The molecule has 1 aliphatic heterocycles. The van der Waals surface area contributed by atoms with Crippen molar-refractivity contribution in [1.82, 2.24) is 16.0 Å². The number of hydrogen-bond acceptors (Lipinski definition) is 4. The van der Waals surface area contributed by atoms with E-state index in [1.54, 1.807) is 6.08 Å². The van der Waals surface area contributed by atoms with E-state index >= 15 is 0 Å². The van der Waals surface area contributed by atoms with Crippen molar-refractivity contribution < 1.29 is 14.7 Å². The minimum absolute atomic E-state index is 0.0424. The van der Waals surface area contributed by atoms with Crippen molar-refractivity contribution in [3.63, 3.8) is 0 Å². The van der Waals surface area contributed by atoms with E-state index in [2.05, 4.69) is 16.0 Å². The van der Waals surface area contributed by atoms with Gasteiger partial charge in [0.25, 0.3) is 0 Å². The van der Waals surface area contributed by atoms with Crippen molar-refractivity contribution in [3.05, 3.63) is 12.2 Å². The minimum atomic E-state index is -0.223. The minimum Gasteiger partial charge on any atom is -0.393 e. The predicted molar refractivity (Wildman–Crippen MR) is 90.9 cm³/mol. The second-order valence-corrected chi connectivity index (χ2v) is 7.40. The number of aliphatic hydroxyl groups is 1. The number of aliphatic hydroxyl groups excluding tert-OH is 1. The highest BCUT2D eigenvalue weighted by atomic mass is 16.3. The predicted octanol–water partition coefficient (Wildman–Crippen LogP) is 0.814. The molecule has 2 saturated carbocycles. The molecule has 6 nitrogen and oxygen atoms in total. The molecular weight excluding hydrogens is 306 g/mol. The molecule has 0 radical (unpaired) electrons. The highest BCUT2D eigenvalue weighted by Crippen LogP contribution is 2.28. The normalized spacial score (nSPS) is 36.9. The Kier molecular flexibility index (Phi) is 5.89. The van der Waals surface area contributed by atoms with Crippen molar-refractivity contribution in [2.75, 3.05) is 6.67 Å². The zero-order chi connectivity index (χ0) is 16.9. The molecule has 1 heterocycles. The van der Waals surface area contributed by atoms with Crippen LogP contribution >= 0.6 is 0 Å². The van der Waals surface area contributed by atoms with Crippen molar-refractivity contribution in [2.45, 2.75) is 69.6 Å². The second-order valence-electron chi connectivity index (χ2n) is 7.40. The lowest BCUT2D eigenvalue weighted by atomic mass is 9.80. The summed E-state index contributed by atoms with van der Waals surface area (Å²) >= 11 is 0. The number of amides is 2. The van der Waals surface area contributed by atoms with Crippen LogP contribution in [0.1, 0.15) is 51.4 Å². The van der Waals surface area contributed by atoms with Gasteiger partial charge in [0.1, 0.15) is 0 Å². The maximum atomic E-state index is 12.1. The largest absolute Gasteiger partial charge is 0.393 e. The van der Waals surface area contributed by atoms with Gasteiger partial charge in [-0.2, -0.15) is 0 Å². The maximum absolute atomic E-state index is 12.1. The van der Waals surface area contributed by atoms with E-state index in [4.69, 9.17) is 0 Å². The Balaban J connectivity index is 1.43. The summed E-state index contributed by atoms with van der Waals surface area (Å²) in [6.45, 7) is 0.548. The molecular formula is C18H29N3O3. The number of hydrogen-bond donors (Lipinski definition) is 4. The topological polar surface area (TPSA) is 90.5 Å². The van der Waals surface area contributed by atoms with Gasteiger partial charge >= 0.3 is 0 Å². The molecule has 0 aromatic rings. The molecule has 3 rings (SSSR count). The van der Waals surface area contributed by atoms with Crippen LogP contribution in [0.3, 0.4) is 0 Å². The lowest BCUT2D eigenvalue weighted by molar-refractivity contribution is -0.130. The molecule has 5 unspecified atom stereocenters. The number of fused-ring (bicyclic) bond motifs is 1. The summed E-state index contributed by atoms with van der Waals surface area (Å²) in [6.07, 6.45) is 10.7. The molecule has 2 aliphatic carbocycles. The summed E-state index contributed by atoms with van der Waals surface area (Å²) in [6, 6.07) is 0.310. The fourth-order valence-electron chi connectivity index (χ4n) is 4.30. The Morgan fingerprint density at radius 2 is 2.08 bits per heavy atom. The summed E-state index contributed by atoms with van der Waals surface area (Å²) in [7, 11) is 0. The van der Waals surface area contributed by atoms with Crippen molar-refractivity contribution in [3.8, 4) is 0 Å². The number of carbonyl (C=O) groups is 2. The summed E-state index contributed by atoms with van der Waals surface area (Å²) in [5, 5.41) is 19.1. The number of nitrogens with one attached hydrogen (secondary N) is 3. The standard InChI is InChI=1S/C18H29N3O3/c22-16-6-2-1-4-12(16)5-3-7-17(23)21-13-8-9-15-14(10-13)18(24)20-11-19-15/h3,7,12-16,19,22H,1-2,4-6,8-11H2,(H,20,24)(H,21,23)/b7-3+. The first-order valence-corrected chi connectivity index (χ1v) is 9.29. The summed E-state index contributed by atoms with van der Waals surface area (Å²) < 4.78 is 0. The molecule has 24 heavy (non-hydrogen) atoms. The monoisotopic (exact) mass is 335 g/mol. The molecule has 3 fully saturated rings. The first kappa shape index (κ1) is 17.4. The zero-order valence-electron chi connectivity index (χ0n) is 14.2. The van der Waals surface area contributed by atoms with Gasteiger partial charge in [0.05, 0.1) is 18.7 Å². The van der Waals surface area contributed by atoms with Crippen LogP contribution in [0.4, 0.5) is 0 Å². The van der Waals surface area contributed by atoms with Gasteiger partial charge in [-0.05, 0) is 50.5 Å². The first-order chi connectivity index (χ1) is 11.6. The van der Waals surface area contributed by atoms with Crippen molar-refractivity contribution in [2.24, 2.45) is 11.8 Å². The van der Waals surface area contributed by atoms with Gasteiger partial charge in [-0.3, -0.25) is 14.9 Å². The summed E-state index contributed by atoms with van der Waals surface area (Å²) in [5.41, 5.74) is 0. The van der Waals surface area contributed by atoms with Gasteiger partial charge in [-0.25, -0.2) is 0 Å². The fraction of sp³-hybridized carbons (Fsp3) is 0.778. The third-order valence-corrected chi connectivity index (χ3v) is 5.74. The van der Waals surface area contributed by atoms with Crippen LogP contribution in [0.15, 0.2) is 12.2 Å². The maximum Gasteiger partial charge on any atom is 0.243 e. The van der Waals surface area contributed by atoms with Crippen LogP contribution < -0.4 is 16.0 Å². The van der Waals surface area contributed by atoms with Crippen molar-refractivity contribution >= 4 is 11.8 Å². The third-order valence-electron chi connectivity index (χ3n) is 5.74. The highest BCUT2D eigenvalue weighted by molar-refractivity contribution is 5.87. The molecule has 2 amide bonds. The van der Waals surface area contributed by atoms with Gasteiger partial charge in [-0.15, -0.1) is 0 Å². The van der Waals surface area contributed by atoms with Gasteiger partial charge in [0.15, 0.2) is 0 Å². The number of allylic oxidation sites excluding steroid dienone is 1. The molecule has 0 aromatic carbocycles. The van der Waals surface area contributed by atoms with E-state index in [0.29, 0.717) is 13.1 Å². The Hall–Kier alpha value is -1.40. The van der Waals surface area contributed by atoms with E-state index in [-0.39, 0.29) is 41.8 Å². The SMILES string of the molecule is O=C(/C=C/CC1CCCCC1O)NC1CCC2NCNC(=O)C2C1. The molecule has 1 saturated heterocycles. The van der Waals surface area contributed by atoms with Crippen LogP contribution in [-0.2, 0) is 9.59 Å². The van der Waals surface area contributed by atoms with E-state index in [1.165, 1.54) is 6.42 Å². The fourth-order valence-corrected chi connectivity index (χ4v) is 4.30.